The molecule has 0 aliphatic carbocycles. The van der Waals surface area contributed by atoms with Crippen molar-refractivity contribution < 1.29 is 28.7 Å². The molecule has 0 aromatic heterocycles. The Morgan fingerprint density at radius 3 is 2.00 bits per heavy atom. The van der Waals surface area contributed by atoms with Gasteiger partial charge in [-0.1, -0.05) is 58.0 Å². The summed E-state index contributed by atoms with van der Waals surface area (Å²) >= 11 is 1.53. The molecule has 0 fully saturated rings. The number of hydrogen-bond donors (Lipinski definition) is 3. The number of thioether (sulfide) groups is 1. The summed E-state index contributed by atoms with van der Waals surface area (Å²) in [6.45, 7) is 7.21. The van der Waals surface area contributed by atoms with Crippen LogP contribution in [0.15, 0.2) is 30.3 Å². The number of carbonyl (C=O) groups is 4. The van der Waals surface area contributed by atoms with Crippen LogP contribution < -0.4 is 16.0 Å². The van der Waals surface area contributed by atoms with E-state index in [0.717, 1.165) is 5.56 Å². The summed E-state index contributed by atoms with van der Waals surface area (Å²) < 4.78 is 10.0. The third-order valence-corrected chi connectivity index (χ3v) is 5.74. The summed E-state index contributed by atoms with van der Waals surface area (Å²) in [6.07, 6.45) is 1.53. The van der Waals surface area contributed by atoms with Crippen molar-refractivity contribution in [2.24, 2.45) is 11.8 Å². The number of amides is 3. The van der Waals surface area contributed by atoms with Gasteiger partial charge in [-0.25, -0.2) is 9.59 Å². The molecule has 1 rings (SSSR count). The fourth-order valence-electron chi connectivity index (χ4n) is 3.07. The summed E-state index contributed by atoms with van der Waals surface area (Å²) in [6, 6.07) is 6.57. The molecule has 0 bridgehead atoms. The quantitative estimate of drug-likeness (QED) is 0.359. The van der Waals surface area contributed by atoms with Gasteiger partial charge in [-0.05, 0) is 35.8 Å². The molecule has 0 aliphatic heterocycles. The molecule has 0 radical (unpaired) electrons. The van der Waals surface area contributed by atoms with Gasteiger partial charge < -0.3 is 25.4 Å². The molecule has 3 atom stereocenters. The standard InChI is InChI=1S/C24H37N3O6S/c1-15(2)19(22(29)27-20(16(3)4)23(30)32-5)26-21(28)18(12-13-34-6)25-24(31)33-14-17-10-8-7-9-11-17/h7-11,15-16,18-20H,12-14H2,1-6H3,(H,25,31)(H,26,28)(H,27,29)/t18-,19-,20-/m0/s1. The molecule has 190 valence electrons. The smallest absolute Gasteiger partial charge is 0.408 e. The van der Waals surface area contributed by atoms with E-state index in [1.807, 2.05) is 36.6 Å². The van der Waals surface area contributed by atoms with Crippen molar-refractivity contribution in [1.82, 2.24) is 16.0 Å². The highest BCUT2D eigenvalue weighted by molar-refractivity contribution is 7.98. The number of ether oxygens (including phenoxy) is 2. The van der Waals surface area contributed by atoms with E-state index in [4.69, 9.17) is 9.47 Å². The van der Waals surface area contributed by atoms with Crippen molar-refractivity contribution >= 4 is 35.6 Å². The van der Waals surface area contributed by atoms with Gasteiger partial charge in [-0.2, -0.15) is 11.8 Å². The van der Waals surface area contributed by atoms with Crippen LogP contribution in [0.25, 0.3) is 0 Å². The topological polar surface area (TPSA) is 123 Å². The second-order valence-electron chi connectivity index (χ2n) is 8.52. The number of nitrogens with one attached hydrogen (secondary N) is 3. The van der Waals surface area contributed by atoms with Crippen LogP contribution in [0.4, 0.5) is 4.79 Å². The molecule has 1 aromatic carbocycles. The number of hydrogen-bond acceptors (Lipinski definition) is 7. The van der Waals surface area contributed by atoms with Crippen LogP contribution in [0.2, 0.25) is 0 Å². The number of methoxy groups -OCH3 is 1. The fraction of sp³-hybridized carbons (Fsp3) is 0.583. The lowest BCUT2D eigenvalue weighted by molar-refractivity contribution is -0.146. The molecular weight excluding hydrogens is 458 g/mol. The maximum atomic E-state index is 13.0. The largest absolute Gasteiger partial charge is 0.467 e. The maximum absolute atomic E-state index is 13.0. The molecule has 0 unspecified atom stereocenters. The van der Waals surface area contributed by atoms with E-state index in [0.29, 0.717) is 12.2 Å². The molecule has 0 spiro atoms. The highest BCUT2D eigenvalue weighted by atomic mass is 32.2. The van der Waals surface area contributed by atoms with E-state index in [2.05, 4.69) is 16.0 Å². The third kappa shape index (κ3) is 10.0. The van der Waals surface area contributed by atoms with Crippen LogP contribution in [-0.4, -0.2) is 61.1 Å². The second-order valence-corrected chi connectivity index (χ2v) is 9.51. The number of alkyl carbamates (subject to hydrolysis) is 1. The van der Waals surface area contributed by atoms with Crippen LogP contribution in [-0.2, 0) is 30.5 Å². The molecular formula is C24H37N3O6S. The summed E-state index contributed by atoms with van der Waals surface area (Å²) in [7, 11) is 1.25. The van der Waals surface area contributed by atoms with Gasteiger partial charge in [-0.15, -0.1) is 0 Å². The molecule has 0 heterocycles. The molecule has 0 saturated heterocycles. The summed E-state index contributed by atoms with van der Waals surface area (Å²) in [5, 5.41) is 7.99. The molecule has 9 nitrogen and oxygen atoms in total. The maximum Gasteiger partial charge on any atom is 0.408 e. The van der Waals surface area contributed by atoms with Gasteiger partial charge in [0.1, 0.15) is 24.7 Å². The van der Waals surface area contributed by atoms with E-state index < -0.39 is 42.0 Å². The zero-order valence-electron chi connectivity index (χ0n) is 20.8. The van der Waals surface area contributed by atoms with Crippen molar-refractivity contribution in [3.8, 4) is 0 Å². The minimum Gasteiger partial charge on any atom is -0.467 e. The van der Waals surface area contributed by atoms with E-state index in [9.17, 15) is 19.2 Å². The average Bonchev–Trinajstić information content (AvgIpc) is 2.81. The highest BCUT2D eigenvalue weighted by Crippen LogP contribution is 2.09. The van der Waals surface area contributed by atoms with Crippen LogP contribution in [0.1, 0.15) is 39.7 Å². The third-order valence-electron chi connectivity index (χ3n) is 5.10. The normalized spacial score (nSPS) is 13.5. The number of benzene rings is 1. The molecule has 0 saturated carbocycles. The predicted octanol–water partition coefficient (Wildman–Crippen LogP) is 2.49. The first kappa shape index (κ1) is 29.3. The summed E-state index contributed by atoms with van der Waals surface area (Å²) in [5.41, 5.74) is 0.824. The van der Waals surface area contributed by atoms with Crippen molar-refractivity contribution in [2.75, 3.05) is 19.1 Å². The molecule has 3 N–H and O–H groups in total. The van der Waals surface area contributed by atoms with Gasteiger partial charge in [0, 0.05) is 0 Å². The van der Waals surface area contributed by atoms with Gasteiger partial charge in [0.25, 0.3) is 0 Å². The van der Waals surface area contributed by atoms with Crippen molar-refractivity contribution in [3.05, 3.63) is 35.9 Å². The first-order chi connectivity index (χ1) is 16.1. The van der Waals surface area contributed by atoms with Gasteiger partial charge in [-0.3, -0.25) is 9.59 Å². The molecule has 0 aliphatic rings. The monoisotopic (exact) mass is 495 g/mol. The lowest BCUT2D eigenvalue weighted by Crippen LogP contribution is -2.58. The first-order valence-electron chi connectivity index (χ1n) is 11.2. The van der Waals surface area contributed by atoms with E-state index in [-0.39, 0.29) is 18.4 Å². The lowest BCUT2D eigenvalue weighted by atomic mass is 9.99. The van der Waals surface area contributed by atoms with E-state index in [1.165, 1.54) is 18.9 Å². The Hall–Kier alpha value is -2.75. The van der Waals surface area contributed by atoms with Gasteiger partial charge >= 0.3 is 12.1 Å². The molecule has 10 heteroatoms. The Bertz CT molecular complexity index is 803. The Balaban J connectivity index is 2.84. The summed E-state index contributed by atoms with van der Waals surface area (Å²) in [5.74, 6) is -1.40. The van der Waals surface area contributed by atoms with Crippen LogP contribution in [0.3, 0.4) is 0 Å². The van der Waals surface area contributed by atoms with Crippen LogP contribution >= 0.6 is 11.8 Å². The minimum absolute atomic E-state index is 0.0741. The van der Waals surface area contributed by atoms with Crippen LogP contribution in [0.5, 0.6) is 0 Å². The highest BCUT2D eigenvalue weighted by Gasteiger charge is 2.32. The fourth-order valence-corrected chi connectivity index (χ4v) is 3.54. The van der Waals surface area contributed by atoms with Gasteiger partial charge in [0.15, 0.2) is 0 Å². The molecule has 3 amide bonds. The Labute approximate surface area is 206 Å². The van der Waals surface area contributed by atoms with E-state index in [1.54, 1.807) is 27.7 Å². The van der Waals surface area contributed by atoms with Gasteiger partial charge in [0.2, 0.25) is 11.8 Å². The Kier molecular flexibility index (Phi) is 13.1. The average molecular weight is 496 g/mol. The van der Waals surface area contributed by atoms with Crippen LogP contribution in [0, 0.1) is 11.8 Å². The Morgan fingerprint density at radius 2 is 1.47 bits per heavy atom. The Morgan fingerprint density at radius 1 is 0.882 bits per heavy atom. The minimum atomic E-state index is -0.905. The molecule has 34 heavy (non-hydrogen) atoms. The number of rotatable bonds is 13. The first-order valence-corrected chi connectivity index (χ1v) is 12.6. The van der Waals surface area contributed by atoms with Gasteiger partial charge in [0.05, 0.1) is 7.11 Å². The zero-order chi connectivity index (χ0) is 25.7. The van der Waals surface area contributed by atoms with Crippen molar-refractivity contribution in [3.63, 3.8) is 0 Å². The van der Waals surface area contributed by atoms with E-state index >= 15 is 0 Å². The summed E-state index contributed by atoms with van der Waals surface area (Å²) in [4.78, 5) is 50.3. The zero-order valence-corrected chi connectivity index (χ0v) is 21.6. The van der Waals surface area contributed by atoms with Crippen molar-refractivity contribution in [2.45, 2.75) is 58.8 Å². The second kappa shape index (κ2) is 15.2. The van der Waals surface area contributed by atoms with Crippen molar-refractivity contribution in [1.29, 1.82) is 0 Å². The predicted molar refractivity (Wildman–Crippen MR) is 132 cm³/mol. The number of esters is 1. The lowest BCUT2D eigenvalue weighted by Gasteiger charge is -2.27. The SMILES string of the molecule is COC(=O)[C@@H](NC(=O)[C@@H](NC(=O)[C@H](CCSC)NC(=O)OCc1ccccc1)C(C)C)C(C)C. The molecule has 1 aromatic rings. The number of carbonyl (C=O) groups excluding carboxylic acids is 4.